The molecule has 1 aliphatic heterocycles. The lowest BCUT2D eigenvalue weighted by molar-refractivity contribution is 0.0391. The Balaban J connectivity index is 1.64. The Morgan fingerprint density at radius 1 is 0.909 bits per heavy atom. The van der Waals surface area contributed by atoms with Crippen molar-refractivity contribution in [3.8, 4) is 0 Å². The summed E-state index contributed by atoms with van der Waals surface area (Å²) < 4.78 is 0. The lowest BCUT2D eigenvalue weighted by Crippen LogP contribution is -2.49. The van der Waals surface area contributed by atoms with E-state index in [1.165, 1.54) is 43.9 Å². The predicted octanol–water partition coefficient (Wildman–Crippen LogP) is 4.63. The summed E-state index contributed by atoms with van der Waals surface area (Å²) in [6, 6.07) is 14.9. The lowest BCUT2D eigenvalue weighted by Gasteiger charge is -2.44. The highest BCUT2D eigenvalue weighted by molar-refractivity contribution is 5.98. The zero-order valence-corrected chi connectivity index (χ0v) is 13.0. The van der Waals surface area contributed by atoms with Crippen molar-refractivity contribution in [3.05, 3.63) is 48.0 Å². The topological polar surface area (TPSA) is 20.3 Å². The number of carbonyl (C=O) groups is 1. The van der Waals surface area contributed by atoms with Gasteiger partial charge in [0, 0.05) is 18.2 Å². The van der Waals surface area contributed by atoms with Gasteiger partial charge in [-0.1, -0.05) is 43.2 Å². The van der Waals surface area contributed by atoms with Crippen molar-refractivity contribution in [1.29, 1.82) is 0 Å². The van der Waals surface area contributed by atoms with E-state index in [0.717, 1.165) is 23.4 Å². The van der Waals surface area contributed by atoms with E-state index in [4.69, 9.17) is 0 Å². The molecule has 2 atom stereocenters. The van der Waals surface area contributed by atoms with E-state index in [1.807, 2.05) is 18.2 Å². The highest BCUT2D eigenvalue weighted by atomic mass is 16.2. The Bertz CT molecular complexity index is 691. The number of amides is 1. The maximum Gasteiger partial charge on any atom is 0.254 e. The smallest absolute Gasteiger partial charge is 0.254 e. The summed E-state index contributed by atoms with van der Waals surface area (Å²) in [5, 5.41) is 2.36. The highest BCUT2D eigenvalue weighted by Gasteiger charge is 2.35. The highest BCUT2D eigenvalue weighted by Crippen LogP contribution is 2.36. The summed E-state index contributed by atoms with van der Waals surface area (Å²) in [7, 11) is 0. The maximum atomic E-state index is 13.0. The van der Waals surface area contributed by atoms with E-state index in [9.17, 15) is 4.79 Å². The molecular weight excluding hydrogens is 270 g/mol. The van der Waals surface area contributed by atoms with Crippen LogP contribution in [0.2, 0.25) is 0 Å². The van der Waals surface area contributed by atoms with E-state index in [2.05, 4.69) is 29.2 Å². The Morgan fingerprint density at radius 3 is 2.59 bits per heavy atom. The molecule has 0 radical (unpaired) electrons. The molecule has 2 fully saturated rings. The molecule has 2 heteroatoms. The second-order valence-electron chi connectivity index (χ2n) is 6.81. The number of hydrogen-bond acceptors (Lipinski definition) is 1. The van der Waals surface area contributed by atoms with Gasteiger partial charge in [0.15, 0.2) is 0 Å². The SMILES string of the molecule is O=C(c1ccc2ccccc2c1)N1CCCC2CCCCC21. The third-order valence-electron chi connectivity index (χ3n) is 5.50. The molecule has 4 rings (SSSR count). The molecular formula is C20H23NO. The molecule has 2 aromatic rings. The molecule has 0 bridgehead atoms. The molecule has 2 unspecified atom stereocenters. The van der Waals surface area contributed by atoms with Gasteiger partial charge < -0.3 is 4.90 Å². The van der Waals surface area contributed by atoms with E-state index < -0.39 is 0 Å². The van der Waals surface area contributed by atoms with Gasteiger partial charge in [-0.05, 0) is 54.5 Å². The van der Waals surface area contributed by atoms with Crippen molar-refractivity contribution in [2.75, 3.05) is 6.54 Å². The van der Waals surface area contributed by atoms with Gasteiger partial charge in [0.2, 0.25) is 0 Å². The molecule has 1 amide bonds. The number of rotatable bonds is 1. The van der Waals surface area contributed by atoms with Gasteiger partial charge in [-0.3, -0.25) is 4.79 Å². The van der Waals surface area contributed by atoms with E-state index in [1.54, 1.807) is 0 Å². The van der Waals surface area contributed by atoms with Crippen LogP contribution in [-0.4, -0.2) is 23.4 Å². The van der Waals surface area contributed by atoms with Gasteiger partial charge in [-0.25, -0.2) is 0 Å². The quantitative estimate of drug-likeness (QED) is 0.750. The number of hydrogen-bond donors (Lipinski definition) is 0. The second-order valence-corrected chi connectivity index (χ2v) is 6.81. The molecule has 0 aromatic heterocycles. The third kappa shape index (κ3) is 2.41. The van der Waals surface area contributed by atoms with Crippen LogP contribution in [-0.2, 0) is 0 Å². The first-order chi connectivity index (χ1) is 10.8. The minimum Gasteiger partial charge on any atom is -0.335 e. The fourth-order valence-corrected chi connectivity index (χ4v) is 4.37. The molecule has 114 valence electrons. The summed E-state index contributed by atoms with van der Waals surface area (Å²) >= 11 is 0. The van der Waals surface area contributed by atoms with Crippen molar-refractivity contribution in [1.82, 2.24) is 4.90 Å². The molecule has 2 nitrogen and oxygen atoms in total. The third-order valence-corrected chi connectivity index (χ3v) is 5.50. The molecule has 0 spiro atoms. The van der Waals surface area contributed by atoms with Crippen LogP contribution in [0.3, 0.4) is 0 Å². The van der Waals surface area contributed by atoms with E-state index >= 15 is 0 Å². The van der Waals surface area contributed by atoms with Gasteiger partial charge in [-0.15, -0.1) is 0 Å². The van der Waals surface area contributed by atoms with E-state index in [0.29, 0.717) is 6.04 Å². The number of likely N-dealkylation sites (tertiary alicyclic amines) is 1. The van der Waals surface area contributed by atoms with Crippen LogP contribution in [0.4, 0.5) is 0 Å². The van der Waals surface area contributed by atoms with Gasteiger partial charge in [0.1, 0.15) is 0 Å². The van der Waals surface area contributed by atoms with Gasteiger partial charge >= 0.3 is 0 Å². The molecule has 1 saturated carbocycles. The minimum atomic E-state index is 0.238. The summed E-state index contributed by atoms with van der Waals surface area (Å²) in [5.74, 6) is 0.981. The second kappa shape index (κ2) is 5.75. The number of nitrogens with zero attached hydrogens (tertiary/aromatic N) is 1. The van der Waals surface area contributed by atoms with Crippen molar-refractivity contribution in [2.24, 2.45) is 5.92 Å². The summed E-state index contributed by atoms with van der Waals surface area (Å²) in [6.07, 6.45) is 7.62. The van der Waals surface area contributed by atoms with Gasteiger partial charge in [0.05, 0.1) is 0 Å². The zero-order chi connectivity index (χ0) is 14.9. The molecule has 22 heavy (non-hydrogen) atoms. The Morgan fingerprint density at radius 2 is 1.68 bits per heavy atom. The molecule has 2 aromatic carbocycles. The number of benzene rings is 2. The van der Waals surface area contributed by atoms with Crippen LogP contribution in [0.15, 0.2) is 42.5 Å². The maximum absolute atomic E-state index is 13.0. The monoisotopic (exact) mass is 293 g/mol. The standard InChI is InChI=1S/C20H23NO/c22-20(18-12-11-15-6-1-2-8-17(15)14-18)21-13-5-9-16-7-3-4-10-19(16)21/h1-2,6,8,11-12,14,16,19H,3-5,7,9-10,13H2. The average molecular weight is 293 g/mol. The fraction of sp³-hybridized carbons (Fsp3) is 0.450. The van der Waals surface area contributed by atoms with Crippen LogP contribution in [0.5, 0.6) is 0 Å². The van der Waals surface area contributed by atoms with Crippen LogP contribution >= 0.6 is 0 Å². The number of carbonyl (C=O) groups excluding carboxylic acids is 1. The molecule has 1 saturated heterocycles. The average Bonchev–Trinajstić information content (AvgIpc) is 2.60. The Kier molecular flexibility index (Phi) is 3.61. The first-order valence-electron chi connectivity index (χ1n) is 8.63. The normalized spacial score (nSPS) is 25.0. The Hall–Kier alpha value is -1.83. The van der Waals surface area contributed by atoms with Gasteiger partial charge in [-0.2, -0.15) is 0 Å². The lowest BCUT2D eigenvalue weighted by atomic mass is 9.78. The van der Waals surface area contributed by atoms with Crippen LogP contribution in [0.25, 0.3) is 10.8 Å². The van der Waals surface area contributed by atoms with Crippen LogP contribution < -0.4 is 0 Å². The van der Waals surface area contributed by atoms with Gasteiger partial charge in [0.25, 0.3) is 5.91 Å². The minimum absolute atomic E-state index is 0.238. The van der Waals surface area contributed by atoms with Crippen molar-refractivity contribution < 1.29 is 4.79 Å². The summed E-state index contributed by atoms with van der Waals surface area (Å²) in [6.45, 7) is 0.937. The van der Waals surface area contributed by atoms with Crippen molar-refractivity contribution in [2.45, 2.75) is 44.6 Å². The first kappa shape index (κ1) is 13.8. The van der Waals surface area contributed by atoms with Crippen LogP contribution in [0.1, 0.15) is 48.9 Å². The molecule has 1 aliphatic carbocycles. The summed E-state index contributed by atoms with van der Waals surface area (Å²) in [5.41, 5.74) is 0.852. The molecule has 0 N–H and O–H groups in total. The summed E-state index contributed by atoms with van der Waals surface area (Å²) in [4.78, 5) is 15.2. The number of fused-ring (bicyclic) bond motifs is 2. The Labute approximate surface area is 132 Å². The zero-order valence-electron chi connectivity index (χ0n) is 13.0. The largest absolute Gasteiger partial charge is 0.335 e. The molecule has 1 heterocycles. The number of piperidine rings is 1. The first-order valence-corrected chi connectivity index (χ1v) is 8.63. The predicted molar refractivity (Wildman–Crippen MR) is 90.0 cm³/mol. The van der Waals surface area contributed by atoms with E-state index in [-0.39, 0.29) is 5.91 Å². The fourth-order valence-electron chi connectivity index (χ4n) is 4.37. The van der Waals surface area contributed by atoms with Crippen molar-refractivity contribution in [3.63, 3.8) is 0 Å². The molecule has 2 aliphatic rings. The van der Waals surface area contributed by atoms with Crippen molar-refractivity contribution >= 4 is 16.7 Å². The van der Waals surface area contributed by atoms with Crippen LogP contribution in [0, 0.1) is 5.92 Å².